The van der Waals surface area contributed by atoms with E-state index in [-0.39, 0.29) is 11.6 Å². The first-order chi connectivity index (χ1) is 9.56. The van der Waals surface area contributed by atoms with Crippen LogP contribution in [0.1, 0.15) is 34.5 Å². The van der Waals surface area contributed by atoms with Crippen LogP contribution in [0.2, 0.25) is 0 Å². The summed E-state index contributed by atoms with van der Waals surface area (Å²) in [5.41, 5.74) is 8.03. The van der Waals surface area contributed by atoms with Crippen LogP contribution in [0, 0.1) is 0 Å². The van der Waals surface area contributed by atoms with Crippen LogP contribution in [-0.4, -0.2) is 11.1 Å². The minimum absolute atomic E-state index is 0.00705. The lowest BCUT2D eigenvalue weighted by Gasteiger charge is -2.09. The summed E-state index contributed by atoms with van der Waals surface area (Å²) in [6.45, 7) is 2.33. The first-order valence-corrected chi connectivity index (χ1v) is 6.37. The normalized spacial score (nSPS) is 11.9. The summed E-state index contributed by atoms with van der Waals surface area (Å²) in [5.74, 6) is -0.166. The Kier molecular flexibility index (Phi) is 4.38. The van der Waals surface area contributed by atoms with E-state index in [2.05, 4.69) is 0 Å². The number of carbonyl (C=O) groups is 1. The molecule has 0 saturated heterocycles. The summed E-state index contributed by atoms with van der Waals surface area (Å²) in [7, 11) is 0. The predicted molar refractivity (Wildman–Crippen MR) is 76.8 cm³/mol. The average Bonchev–Trinajstić information content (AvgIpc) is 2.46. The van der Waals surface area contributed by atoms with Crippen LogP contribution in [0.3, 0.4) is 0 Å². The van der Waals surface area contributed by atoms with Gasteiger partial charge >= 0.3 is 5.97 Å². The van der Waals surface area contributed by atoms with Gasteiger partial charge in [-0.25, -0.2) is 4.79 Å². The molecule has 2 aromatic carbocycles. The molecule has 2 aromatic rings. The maximum atomic E-state index is 10.7. The summed E-state index contributed by atoms with van der Waals surface area (Å²) < 4.78 is 5.64. The van der Waals surface area contributed by atoms with Gasteiger partial charge in [-0.05, 0) is 42.3 Å². The molecule has 1 atom stereocenters. The number of benzene rings is 2. The molecule has 2 rings (SSSR count). The third-order valence-electron chi connectivity index (χ3n) is 3.01. The Labute approximate surface area is 117 Å². The van der Waals surface area contributed by atoms with E-state index in [0.717, 1.165) is 16.9 Å². The highest BCUT2D eigenvalue weighted by Crippen LogP contribution is 2.17. The lowest BCUT2D eigenvalue weighted by Crippen LogP contribution is -2.04. The Balaban J connectivity index is 1.96. The monoisotopic (exact) mass is 271 g/mol. The predicted octanol–water partition coefficient (Wildman–Crippen LogP) is 2.98. The molecule has 4 heteroatoms. The molecule has 0 spiro atoms. The van der Waals surface area contributed by atoms with Gasteiger partial charge in [0.25, 0.3) is 0 Å². The summed E-state index contributed by atoms with van der Waals surface area (Å²) in [5, 5.41) is 8.81. The first kappa shape index (κ1) is 14.1. The number of carboxylic acids is 1. The second-order valence-electron chi connectivity index (χ2n) is 4.65. The van der Waals surface area contributed by atoms with Crippen molar-refractivity contribution < 1.29 is 14.6 Å². The smallest absolute Gasteiger partial charge is 0.335 e. The molecular weight excluding hydrogens is 254 g/mol. The van der Waals surface area contributed by atoms with Crippen LogP contribution in [0.4, 0.5) is 0 Å². The minimum Gasteiger partial charge on any atom is -0.489 e. The summed E-state index contributed by atoms with van der Waals surface area (Å²) in [6, 6.07) is 14.3. The lowest BCUT2D eigenvalue weighted by molar-refractivity contribution is 0.0697. The molecule has 0 radical (unpaired) electrons. The van der Waals surface area contributed by atoms with E-state index >= 15 is 0 Å². The molecule has 0 heterocycles. The number of ether oxygens (including phenoxy) is 1. The molecule has 0 amide bonds. The SMILES string of the molecule is CC(N)c1ccc(OCc2ccc(C(=O)O)cc2)cc1. The molecule has 0 aliphatic rings. The molecule has 0 fully saturated rings. The van der Waals surface area contributed by atoms with Crippen molar-refractivity contribution in [1.82, 2.24) is 0 Å². The largest absolute Gasteiger partial charge is 0.489 e. The highest BCUT2D eigenvalue weighted by Gasteiger charge is 2.03. The number of aromatic carboxylic acids is 1. The quantitative estimate of drug-likeness (QED) is 0.876. The average molecular weight is 271 g/mol. The van der Waals surface area contributed by atoms with E-state index in [1.54, 1.807) is 24.3 Å². The van der Waals surface area contributed by atoms with Crippen LogP contribution < -0.4 is 10.5 Å². The molecule has 4 nitrogen and oxygen atoms in total. The van der Waals surface area contributed by atoms with Gasteiger partial charge in [0.2, 0.25) is 0 Å². The summed E-state index contributed by atoms with van der Waals surface area (Å²) in [4.78, 5) is 10.7. The van der Waals surface area contributed by atoms with Crippen LogP contribution in [0.15, 0.2) is 48.5 Å². The summed E-state index contributed by atoms with van der Waals surface area (Å²) >= 11 is 0. The number of nitrogens with two attached hydrogens (primary N) is 1. The maximum Gasteiger partial charge on any atom is 0.335 e. The standard InChI is InChI=1S/C16H17NO3/c1-11(17)13-6-8-15(9-7-13)20-10-12-2-4-14(5-3-12)16(18)19/h2-9,11H,10,17H2,1H3,(H,18,19). The zero-order valence-electron chi connectivity index (χ0n) is 11.2. The number of hydrogen-bond donors (Lipinski definition) is 2. The lowest BCUT2D eigenvalue weighted by atomic mass is 10.1. The molecule has 0 aliphatic heterocycles. The zero-order chi connectivity index (χ0) is 14.5. The van der Waals surface area contributed by atoms with Gasteiger partial charge in [-0.15, -0.1) is 0 Å². The Bertz CT molecular complexity index is 574. The highest BCUT2D eigenvalue weighted by atomic mass is 16.5. The van der Waals surface area contributed by atoms with Gasteiger partial charge in [-0.3, -0.25) is 0 Å². The van der Waals surface area contributed by atoms with E-state index in [9.17, 15) is 4.79 Å². The maximum absolute atomic E-state index is 10.7. The molecule has 0 aliphatic carbocycles. The fourth-order valence-corrected chi connectivity index (χ4v) is 1.78. The fraction of sp³-hybridized carbons (Fsp3) is 0.188. The molecule has 104 valence electrons. The summed E-state index contributed by atoms with van der Waals surface area (Å²) in [6.07, 6.45) is 0. The minimum atomic E-state index is -0.927. The number of rotatable bonds is 5. The van der Waals surface area contributed by atoms with Gasteiger partial charge in [0.05, 0.1) is 5.56 Å². The van der Waals surface area contributed by atoms with Gasteiger partial charge in [-0.1, -0.05) is 24.3 Å². The van der Waals surface area contributed by atoms with Crippen LogP contribution in [0.5, 0.6) is 5.75 Å². The van der Waals surface area contributed by atoms with E-state index < -0.39 is 5.97 Å². The van der Waals surface area contributed by atoms with Gasteiger partial charge in [0.15, 0.2) is 0 Å². The Morgan fingerprint density at radius 1 is 1.15 bits per heavy atom. The van der Waals surface area contributed by atoms with Crippen LogP contribution in [0.25, 0.3) is 0 Å². The van der Waals surface area contributed by atoms with Crippen LogP contribution >= 0.6 is 0 Å². The molecule has 0 aromatic heterocycles. The molecule has 3 N–H and O–H groups in total. The van der Waals surface area contributed by atoms with Gasteiger partial charge in [0, 0.05) is 6.04 Å². The third kappa shape index (κ3) is 3.59. The number of carboxylic acid groups (broad SMARTS) is 1. The van der Waals surface area contributed by atoms with Gasteiger partial charge in [-0.2, -0.15) is 0 Å². The molecule has 0 saturated carbocycles. The Hall–Kier alpha value is -2.33. The van der Waals surface area contributed by atoms with Crippen molar-refractivity contribution in [3.05, 3.63) is 65.2 Å². The van der Waals surface area contributed by atoms with Gasteiger partial charge < -0.3 is 15.6 Å². The Morgan fingerprint density at radius 2 is 1.75 bits per heavy atom. The highest BCUT2D eigenvalue weighted by molar-refractivity contribution is 5.87. The van der Waals surface area contributed by atoms with Crippen molar-refractivity contribution in [2.24, 2.45) is 5.73 Å². The van der Waals surface area contributed by atoms with E-state index in [1.807, 2.05) is 31.2 Å². The zero-order valence-corrected chi connectivity index (χ0v) is 11.2. The molecular formula is C16H17NO3. The van der Waals surface area contributed by atoms with Crippen LogP contribution in [-0.2, 0) is 6.61 Å². The van der Waals surface area contributed by atoms with E-state index in [1.165, 1.54) is 0 Å². The van der Waals surface area contributed by atoms with Crippen molar-refractivity contribution in [1.29, 1.82) is 0 Å². The Morgan fingerprint density at radius 3 is 2.25 bits per heavy atom. The van der Waals surface area contributed by atoms with E-state index in [4.69, 9.17) is 15.6 Å². The first-order valence-electron chi connectivity index (χ1n) is 6.37. The van der Waals surface area contributed by atoms with E-state index in [0.29, 0.717) is 6.61 Å². The van der Waals surface area contributed by atoms with Crippen molar-refractivity contribution in [3.63, 3.8) is 0 Å². The molecule has 1 unspecified atom stereocenters. The van der Waals surface area contributed by atoms with Gasteiger partial charge in [0.1, 0.15) is 12.4 Å². The molecule has 20 heavy (non-hydrogen) atoms. The second kappa shape index (κ2) is 6.21. The fourth-order valence-electron chi connectivity index (χ4n) is 1.78. The second-order valence-corrected chi connectivity index (χ2v) is 4.65. The van der Waals surface area contributed by atoms with Crippen molar-refractivity contribution in [2.75, 3.05) is 0 Å². The molecule has 0 bridgehead atoms. The van der Waals surface area contributed by atoms with Crippen molar-refractivity contribution in [3.8, 4) is 5.75 Å². The topological polar surface area (TPSA) is 72.5 Å². The van der Waals surface area contributed by atoms with Crippen molar-refractivity contribution >= 4 is 5.97 Å². The third-order valence-corrected chi connectivity index (χ3v) is 3.01. The number of hydrogen-bond acceptors (Lipinski definition) is 3. The van der Waals surface area contributed by atoms with Crippen molar-refractivity contribution in [2.45, 2.75) is 19.6 Å².